The van der Waals surface area contributed by atoms with Gasteiger partial charge < -0.3 is 15.8 Å². The van der Waals surface area contributed by atoms with Gasteiger partial charge in [0.2, 0.25) is 5.88 Å². The maximum absolute atomic E-state index is 6.08. The number of nitrogens with one attached hydrogen (secondary N) is 1. The van der Waals surface area contributed by atoms with Gasteiger partial charge >= 0.3 is 0 Å². The molecule has 0 fully saturated rings. The third-order valence-corrected chi connectivity index (χ3v) is 2.49. The van der Waals surface area contributed by atoms with Gasteiger partial charge in [-0.2, -0.15) is 4.98 Å². The summed E-state index contributed by atoms with van der Waals surface area (Å²) in [5.74, 6) is 1.26. The lowest BCUT2D eigenvalue weighted by atomic mass is 9.88. The number of rotatable bonds is 7. The topological polar surface area (TPSA) is 73.1 Å². The molecule has 0 aromatic carbocycles. The van der Waals surface area contributed by atoms with Crippen LogP contribution in [0.1, 0.15) is 40.5 Å². The summed E-state index contributed by atoms with van der Waals surface area (Å²) in [6.07, 6.45) is 5.22. The SMILES string of the molecule is CCCOc1cncc(NCC(N)CC(C)(C)C)n1. The van der Waals surface area contributed by atoms with Crippen LogP contribution < -0.4 is 15.8 Å². The van der Waals surface area contributed by atoms with E-state index >= 15 is 0 Å². The monoisotopic (exact) mass is 266 g/mol. The van der Waals surface area contributed by atoms with E-state index < -0.39 is 0 Å². The van der Waals surface area contributed by atoms with Gasteiger partial charge in [0.05, 0.1) is 19.0 Å². The first-order chi connectivity index (χ1) is 8.90. The van der Waals surface area contributed by atoms with Crippen LogP contribution in [-0.2, 0) is 0 Å². The molecule has 0 bridgehead atoms. The second-order valence-electron chi connectivity index (χ2n) is 6.00. The fraction of sp³-hybridized carbons (Fsp3) is 0.714. The molecule has 3 N–H and O–H groups in total. The average molecular weight is 266 g/mol. The van der Waals surface area contributed by atoms with Crippen molar-refractivity contribution in [1.82, 2.24) is 9.97 Å². The molecule has 19 heavy (non-hydrogen) atoms. The molecule has 0 aliphatic rings. The van der Waals surface area contributed by atoms with Crippen LogP contribution in [-0.4, -0.2) is 29.2 Å². The third-order valence-electron chi connectivity index (χ3n) is 2.49. The molecule has 1 heterocycles. The van der Waals surface area contributed by atoms with Gasteiger partial charge in [-0.3, -0.25) is 4.98 Å². The number of ether oxygens (including phenoxy) is 1. The average Bonchev–Trinajstić information content (AvgIpc) is 2.32. The molecule has 0 radical (unpaired) electrons. The number of aromatic nitrogens is 2. The van der Waals surface area contributed by atoms with Crippen LogP contribution in [0.3, 0.4) is 0 Å². The smallest absolute Gasteiger partial charge is 0.234 e. The summed E-state index contributed by atoms with van der Waals surface area (Å²) in [6, 6.07) is 0.0991. The van der Waals surface area contributed by atoms with Crippen LogP contribution in [0.4, 0.5) is 5.82 Å². The molecule has 1 aromatic rings. The zero-order valence-electron chi connectivity index (χ0n) is 12.4. The summed E-state index contributed by atoms with van der Waals surface area (Å²) in [5.41, 5.74) is 6.32. The maximum Gasteiger partial charge on any atom is 0.234 e. The first kappa shape index (κ1) is 15.7. The number of hydrogen-bond acceptors (Lipinski definition) is 5. The van der Waals surface area contributed by atoms with Crippen molar-refractivity contribution in [3.05, 3.63) is 12.4 Å². The van der Waals surface area contributed by atoms with Crippen LogP contribution in [0.5, 0.6) is 5.88 Å². The Morgan fingerprint density at radius 1 is 1.37 bits per heavy atom. The second kappa shape index (κ2) is 7.28. The van der Waals surface area contributed by atoms with Gasteiger partial charge in [0.1, 0.15) is 5.82 Å². The largest absolute Gasteiger partial charge is 0.477 e. The Morgan fingerprint density at radius 3 is 2.74 bits per heavy atom. The quantitative estimate of drug-likeness (QED) is 0.793. The lowest BCUT2D eigenvalue weighted by molar-refractivity contribution is 0.304. The van der Waals surface area contributed by atoms with Gasteiger partial charge in [-0.25, -0.2) is 0 Å². The van der Waals surface area contributed by atoms with E-state index in [1.54, 1.807) is 12.4 Å². The van der Waals surface area contributed by atoms with Crippen LogP contribution in [0.25, 0.3) is 0 Å². The summed E-state index contributed by atoms with van der Waals surface area (Å²) in [4.78, 5) is 8.43. The van der Waals surface area contributed by atoms with Crippen molar-refractivity contribution in [1.29, 1.82) is 0 Å². The molecule has 0 spiro atoms. The fourth-order valence-corrected chi connectivity index (χ4v) is 1.80. The van der Waals surface area contributed by atoms with Gasteiger partial charge in [0.25, 0.3) is 0 Å². The first-order valence-corrected chi connectivity index (χ1v) is 6.85. The predicted molar refractivity (Wildman–Crippen MR) is 78.4 cm³/mol. The van der Waals surface area contributed by atoms with Crippen LogP contribution >= 0.6 is 0 Å². The molecule has 1 aromatic heterocycles. The van der Waals surface area contributed by atoms with E-state index in [-0.39, 0.29) is 11.5 Å². The Morgan fingerprint density at radius 2 is 2.11 bits per heavy atom. The van der Waals surface area contributed by atoms with E-state index in [1.165, 1.54) is 0 Å². The molecule has 1 unspecified atom stereocenters. The minimum absolute atomic E-state index is 0.0991. The van der Waals surface area contributed by atoms with Crippen molar-refractivity contribution in [3.8, 4) is 5.88 Å². The minimum atomic E-state index is 0.0991. The van der Waals surface area contributed by atoms with Crippen molar-refractivity contribution in [2.75, 3.05) is 18.5 Å². The van der Waals surface area contributed by atoms with Crippen LogP contribution in [0.2, 0.25) is 0 Å². The Labute approximate surface area is 116 Å². The molecule has 5 heteroatoms. The highest BCUT2D eigenvalue weighted by Crippen LogP contribution is 2.20. The number of hydrogen-bond donors (Lipinski definition) is 2. The Bertz CT molecular complexity index is 376. The Kier molecular flexibility index (Phi) is 6.02. The van der Waals surface area contributed by atoms with Gasteiger partial charge in [-0.05, 0) is 18.3 Å². The molecule has 5 nitrogen and oxygen atoms in total. The Hall–Kier alpha value is -1.36. The van der Waals surface area contributed by atoms with E-state index in [0.29, 0.717) is 24.8 Å². The van der Waals surface area contributed by atoms with Crippen LogP contribution in [0.15, 0.2) is 12.4 Å². The van der Waals surface area contributed by atoms with Crippen molar-refractivity contribution in [3.63, 3.8) is 0 Å². The first-order valence-electron chi connectivity index (χ1n) is 6.85. The van der Waals surface area contributed by atoms with Gasteiger partial charge in [0.15, 0.2) is 0 Å². The van der Waals surface area contributed by atoms with Gasteiger partial charge in [-0.15, -0.1) is 0 Å². The zero-order chi connectivity index (χ0) is 14.3. The van der Waals surface area contributed by atoms with Gasteiger partial charge in [0, 0.05) is 12.6 Å². The standard InChI is InChI=1S/C14H26N4O/c1-5-6-19-13-10-16-9-12(18-13)17-8-11(15)7-14(2,3)4/h9-11H,5-8,15H2,1-4H3,(H,17,18). The molecule has 0 aliphatic heterocycles. The number of anilines is 1. The summed E-state index contributed by atoms with van der Waals surface area (Å²) < 4.78 is 5.44. The van der Waals surface area contributed by atoms with E-state index in [2.05, 4.69) is 43.0 Å². The summed E-state index contributed by atoms with van der Waals surface area (Å²) in [5, 5.41) is 3.21. The summed E-state index contributed by atoms with van der Waals surface area (Å²) >= 11 is 0. The molecule has 1 atom stereocenters. The van der Waals surface area contributed by atoms with Crippen molar-refractivity contribution in [2.24, 2.45) is 11.1 Å². The molecule has 0 saturated carbocycles. The maximum atomic E-state index is 6.08. The number of nitrogens with zero attached hydrogens (tertiary/aromatic N) is 2. The summed E-state index contributed by atoms with van der Waals surface area (Å²) in [6.45, 7) is 9.95. The van der Waals surface area contributed by atoms with Gasteiger partial charge in [-0.1, -0.05) is 27.7 Å². The molecule has 1 rings (SSSR count). The highest BCUT2D eigenvalue weighted by molar-refractivity contribution is 5.33. The lowest BCUT2D eigenvalue weighted by Crippen LogP contribution is -2.33. The minimum Gasteiger partial charge on any atom is -0.477 e. The van der Waals surface area contributed by atoms with E-state index in [0.717, 1.165) is 12.8 Å². The van der Waals surface area contributed by atoms with Crippen molar-refractivity contribution >= 4 is 5.82 Å². The van der Waals surface area contributed by atoms with E-state index in [1.807, 2.05) is 0 Å². The molecule has 108 valence electrons. The van der Waals surface area contributed by atoms with Crippen LogP contribution in [0, 0.1) is 5.41 Å². The highest BCUT2D eigenvalue weighted by Gasteiger charge is 2.15. The zero-order valence-corrected chi connectivity index (χ0v) is 12.4. The lowest BCUT2D eigenvalue weighted by Gasteiger charge is -2.23. The Balaban J connectivity index is 2.44. The second-order valence-corrected chi connectivity index (χ2v) is 6.00. The molecule has 0 amide bonds. The van der Waals surface area contributed by atoms with E-state index in [4.69, 9.17) is 10.5 Å². The molecular weight excluding hydrogens is 240 g/mol. The highest BCUT2D eigenvalue weighted by atomic mass is 16.5. The summed E-state index contributed by atoms with van der Waals surface area (Å²) in [7, 11) is 0. The van der Waals surface area contributed by atoms with Crippen molar-refractivity contribution < 1.29 is 4.74 Å². The molecule has 0 aliphatic carbocycles. The third kappa shape index (κ3) is 6.96. The molecular formula is C14H26N4O. The fourth-order valence-electron chi connectivity index (χ4n) is 1.80. The molecule has 0 saturated heterocycles. The predicted octanol–water partition coefficient (Wildman–Crippen LogP) is 2.44. The van der Waals surface area contributed by atoms with E-state index in [9.17, 15) is 0 Å². The number of nitrogens with two attached hydrogens (primary N) is 1. The van der Waals surface area contributed by atoms with Crippen molar-refractivity contribution in [2.45, 2.75) is 46.6 Å². The normalized spacial score (nSPS) is 13.1.